The molecule has 0 spiro atoms. The lowest BCUT2D eigenvalue weighted by molar-refractivity contribution is 0.0557. The first-order chi connectivity index (χ1) is 9.52. The molecule has 1 aliphatic rings. The molecule has 0 amide bonds. The van der Waals surface area contributed by atoms with Crippen molar-refractivity contribution in [1.29, 1.82) is 0 Å². The van der Waals surface area contributed by atoms with Gasteiger partial charge >= 0.3 is 0 Å². The maximum Gasteiger partial charge on any atom is 0.158 e. The molecular weight excluding hydrogens is 256 g/mol. The van der Waals surface area contributed by atoms with E-state index in [0.717, 1.165) is 31.5 Å². The van der Waals surface area contributed by atoms with Crippen molar-refractivity contribution in [2.45, 2.75) is 44.8 Å². The number of nitrogen functional groups attached to an aromatic ring is 1. The van der Waals surface area contributed by atoms with Gasteiger partial charge in [0.25, 0.3) is 0 Å². The summed E-state index contributed by atoms with van der Waals surface area (Å²) in [6.07, 6.45) is 3.88. The van der Waals surface area contributed by atoms with Gasteiger partial charge in [0, 0.05) is 26.3 Å². The van der Waals surface area contributed by atoms with Crippen LogP contribution in [0.15, 0.2) is 6.07 Å². The molecule has 6 nitrogen and oxygen atoms in total. The van der Waals surface area contributed by atoms with Crippen LogP contribution < -0.4 is 10.6 Å². The highest BCUT2D eigenvalue weighted by Gasteiger charge is 2.32. The van der Waals surface area contributed by atoms with Crippen LogP contribution in [-0.2, 0) is 11.3 Å². The van der Waals surface area contributed by atoms with Crippen LogP contribution in [0.1, 0.15) is 38.4 Å². The van der Waals surface area contributed by atoms with Crippen LogP contribution >= 0.6 is 0 Å². The highest BCUT2D eigenvalue weighted by Crippen LogP contribution is 2.31. The van der Waals surface area contributed by atoms with Gasteiger partial charge in [-0.05, 0) is 19.8 Å². The highest BCUT2D eigenvalue weighted by atomic mass is 16.5. The molecule has 1 aliphatic carbocycles. The molecule has 6 heteroatoms. The van der Waals surface area contributed by atoms with Crippen LogP contribution in [-0.4, -0.2) is 40.9 Å². The van der Waals surface area contributed by atoms with E-state index in [4.69, 9.17) is 10.5 Å². The molecule has 112 valence electrons. The van der Waals surface area contributed by atoms with Gasteiger partial charge in [0.05, 0.1) is 5.60 Å². The molecule has 0 saturated heterocycles. The summed E-state index contributed by atoms with van der Waals surface area (Å²) in [6, 6.07) is 1.73. The Morgan fingerprint density at radius 1 is 1.40 bits per heavy atom. The van der Waals surface area contributed by atoms with E-state index < -0.39 is 5.60 Å². The van der Waals surface area contributed by atoms with Gasteiger partial charge in [-0.25, -0.2) is 9.97 Å². The molecule has 1 aromatic rings. The van der Waals surface area contributed by atoms with Gasteiger partial charge in [-0.3, -0.25) is 0 Å². The first-order valence-electron chi connectivity index (χ1n) is 7.17. The molecule has 0 atom stereocenters. The van der Waals surface area contributed by atoms with Crippen molar-refractivity contribution >= 4 is 11.6 Å². The maximum absolute atomic E-state index is 10.5. The summed E-state index contributed by atoms with van der Waals surface area (Å²) in [7, 11) is 1.92. The van der Waals surface area contributed by atoms with Crippen molar-refractivity contribution in [3.05, 3.63) is 11.9 Å². The van der Waals surface area contributed by atoms with Gasteiger partial charge in [0.1, 0.15) is 18.2 Å². The van der Waals surface area contributed by atoms with E-state index in [1.54, 1.807) is 6.07 Å². The second-order valence-corrected chi connectivity index (χ2v) is 5.49. The van der Waals surface area contributed by atoms with Crippen molar-refractivity contribution in [2.75, 3.05) is 30.8 Å². The van der Waals surface area contributed by atoms with Gasteiger partial charge in [0.2, 0.25) is 0 Å². The summed E-state index contributed by atoms with van der Waals surface area (Å²) in [4.78, 5) is 10.5. The molecule has 0 aromatic carbocycles. The number of ether oxygens (including phenoxy) is 1. The standard InChI is InChI=1S/C14H24N4O2/c1-3-20-9-12-16-11(15)8-13(17-12)18(2)10-14(19)6-4-5-7-14/h8,19H,3-7,9-10H2,1-2H3,(H2,15,16,17). The van der Waals surface area contributed by atoms with Gasteiger partial charge in [-0.1, -0.05) is 12.8 Å². The van der Waals surface area contributed by atoms with Crippen LogP contribution in [0.4, 0.5) is 11.6 Å². The number of rotatable bonds is 6. The summed E-state index contributed by atoms with van der Waals surface area (Å²) >= 11 is 0. The second kappa shape index (κ2) is 6.37. The Morgan fingerprint density at radius 3 is 2.75 bits per heavy atom. The molecule has 1 aromatic heterocycles. The van der Waals surface area contributed by atoms with Crippen molar-refractivity contribution in [2.24, 2.45) is 0 Å². The molecule has 1 fully saturated rings. The number of hydrogen-bond acceptors (Lipinski definition) is 6. The topological polar surface area (TPSA) is 84.5 Å². The smallest absolute Gasteiger partial charge is 0.158 e. The quantitative estimate of drug-likeness (QED) is 0.818. The minimum absolute atomic E-state index is 0.354. The van der Waals surface area contributed by atoms with E-state index in [-0.39, 0.29) is 0 Å². The predicted octanol–water partition coefficient (Wildman–Crippen LogP) is 1.34. The van der Waals surface area contributed by atoms with Crippen LogP contribution in [0.2, 0.25) is 0 Å². The Hall–Kier alpha value is -1.40. The summed E-state index contributed by atoms with van der Waals surface area (Å²) in [5, 5.41) is 10.5. The fourth-order valence-electron chi connectivity index (χ4n) is 2.67. The minimum Gasteiger partial charge on any atom is -0.388 e. The van der Waals surface area contributed by atoms with Gasteiger partial charge in [0.15, 0.2) is 5.82 Å². The molecule has 20 heavy (non-hydrogen) atoms. The lowest BCUT2D eigenvalue weighted by Gasteiger charge is -2.29. The molecule has 0 bridgehead atoms. The normalized spacial score (nSPS) is 17.4. The summed E-state index contributed by atoms with van der Waals surface area (Å²) in [5.41, 5.74) is 5.21. The number of aromatic nitrogens is 2. The Morgan fingerprint density at radius 2 is 2.10 bits per heavy atom. The third-order valence-corrected chi connectivity index (χ3v) is 3.67. The number of nitrogens with zero attached hydrogens (tertiary/aromatic N) is 3. The number of likely N-dealkylation sites (N-methyl/N-ethyl adjacent to an activating group) is 1. The lowest BCUT2D eigenvalue weighted by atomic mass is 10.0. The lowest BCUT2D eigenvalue weighted by Crippen LogP contribution is -2.39. The van der Waals surface area contributed by atoms with Gasteiger partial charge in [-0.15, -0.1) is 0 Å². The third-order valence-electron chi connectivity index (χ3n) is 3.67. The van der Waals surface area contributed by atoms with Gasteiger partial charge < -0.3 is 20.5 Å². The zero-order valence-corrected chi connectivity index (χ0v) is 12.3. The molecule has 0 aliphatic heterocycles. The third kappa shape index (κ3) is 3.80. The summed E-state index contributed by atoms with van der Waals surface area (Å²) in [6.45, 7) is 3.46. The van der Waals surface area contributed by atoms with Crippen LogP contribution in [0, 0.1) is 0 Å². The average Bonchev–Trinajstić information content (AvgIpc) is 2.82. The van der Waals surface area contributed by atoms with Crippen LogP contribution in [0.25, 0.3) is 0 Å². The zero-order chi connectivity index (χ0) is 14.6. The van der Waals surface area contributed by atoms with Crippen molar-refractivity contribution in [3.63, 3.8) is 0 Å². The van der Waals surface area contributed by atoms with E-state index in [9.17, 15) is 5.11 Å². The van der Waals surface area contributed by atoms with E-state index in [1.807, 2.05) is 18.9 Å². The second-order valence-electron chi connectivity index (χ2n) is 5.49. The summed E-state index contributed by atoms with van der Waals surface area (Å²) in [5.74, 6) is 1.73. The van der Waals surface area contributed by atoms with Crippen LogP contribution in [0.3, 0.4) is 0 Å². The molecular formula is C14H24N4O2. The Labute approximate surface area is 120 Å². The van der Waals surface area contributed by atoms with Crippen molar-refractivity contribution in [3.8, 4) is 0 Å². The molecule has 2 rings (SSSR count). The molecule has 0 radical (unpaired) electrons. The molecule has 3 N–H and O–H groups in total. The first kappa shape index (κ1) is 15.0. The molecule has 1 heterocycles. The Bertz CT molecular complexity index is 447. The fraction of sp³-hybridized carbons (Fsp3) is 0.714. The van der Waals surface area contributed by atoms with E-state index in [1.165, 1.54) is 0 Å². The largest absolute Gasteiger partial charge is 0.388 e. The van der Waals surface area contributed by atoms with Gasteiger partial charge in [-0.2, -0.15) is 0 Å². The monoisotopic (exact) mass is 280 g/mol. The Kier molecular flexibility index (Phi) is 4.77. The average molecular weight is 280 g/mol. The zero-order valence-electron chi connectivity index (χ0n) is 12.3. The minimum atomic E-state index is -0.603. The molecule has 0 unspecified atom stereocenters. The van der Waals surface area contributed by atoms with E-state index >= 15 is 0 Å². The SMILES string of the molecule is CCOCc1nc(N)cc(N(C)CC2(O)CCCC2)n1. The highest BCUT2D eigenvalue weighted by molar-refractivity contribution is 5.46. The van der Waals surface area contributed by atoms with E-state index in [0.29, 0.717) is 31.4 Å². The molecule has 1 saturated carbocycles. The number of hydrogen-bond donors (Lipinski definition) is 2. The van der Waals surface area contributed by atoms with Crippen molar-refractivity contribution < 1.29 is 9.84 Å². The maximum atomic E-state index is 10.5. The van der Waals surface area contributed by atoms with Crippen LogP contribution in [0.5, 0.6) is 0 Å². The Balaban J connectivity index is 2.08. The summed E-state index contributed by atoms with van der Waals surface area (Å²) < 4.78 is 5.31. The number of anilines is 2. The van der Waals surface area contributed by atoms with Crippen molar-refractivity contribution in [1.82, 2.24) is 9.97 Å². The number of aliphatic hydroxyl groups is 1. The predicted molar refractivity (Wildman–Crippen MR) is 78.5 cm³/mol. The number of nitrogens with two attached hydrogens (primary N) is 1. The van der Waals surface area contributed by atoms with E-state index in [2.05, 4.69) is 9.97 Å². The first-order valence-corrected chi connectivity index (χ1v) is 7.17. The fourth-order valence-corrected chi connectivity index (χ4v) is 2.67.